The number of aromatic nitrogens is 1. The van der Waals surface area contributed by atoms with Crippen molar-refractivity contribution >= 4 is 46.6 Å². The summed E-state index contributed by atoms with van der Waals surface area (Å²) in [6.07, 6.45) is 3.41. The second-order valence-corrected chi connectivity index (χ2v) is 13.1. The van der Waals surface area contributed by atoms with Crippen LogP contribution in [0.2, 0.25) is 0 Å². The number of rotatable bonds is 13. The summed E-state index contributed by atoms with van der Waals surface area (Å²) in [5.74, 6) is -2.88. The number of hydrogen-bond acceptors (Lipinski definition) is 10. The van der Waals surface area contributed by atoms with Crippen molar-refractivity contribution in [3.8, 4) is 5.75 Å². The van der Waals surface area contributed by atoms with Crippen LogP contribution in [0.1, 0.15) is 74.8 Å². The van der Waals surface area contributed by atoms with Crippen molar-refractivity contribution in [2.24, 2.45) is 0 Å². The predicted octanol–water partition coefficient (Wildman–Crippen LogP) is 2.46. The average molecular weight is 727 g/mol. The number of benzene rings is 1. The molecular weight excluding hydrogens is 679 g/mol. The van der Waals surface area contributed by atoms with Gasteiger partial charge in [0.1, 0.15) is 29.3 Å². The molecule has 1 saturated carbocycles. The molecule has 0 bridgehead atoms. The first-order chi connectivity index (χ1) is 25.0. The maximum absolute atomic E-state index is 14.8. The maximum atomic E-state index is 14.8. The summed E-state index contributed by atoms with van der Waals surface area (Å²) in [4.78, 5) is 87.1. The number of carbonyl (C=O) groups is 6. The number of halogens is 1. The molecule has 15 nitrogen and oxygen atoms in total. The van der Waals surface area contributed by atoms with Crippen LogP contribution in [-0.2, 0) is 28.7 Å². The summed E-state index contributed by atoms with van der Waals surface area (Å²) < 4.78 is 30.8. The lowest BCUT2D eigenvalue weighted by Gasteiger charge is -2.36. The molecule has 0 spiro atoms. The molecule has 3 fully saturated rings. The van der Waals surface area contributed by atoms with E-state index in [1.54, 1.807) is 13.8 Å². The molecule has 1 aromatic heterocycles. The molecule has 1 aliphatic carbocycles. The standard InChI is InChI=1S/C36H47FN6O9/c1-4-50-31(45)14-13-26(35(48)41-16-18-42(19-17-41)36(49)51-5-2)40-33(46)27-20-29(32-22(3)24(37)11-12-25(32)39-27)52-21-30(44)43-15-7-10-28(43)34(47)38-23-8-6-9-23/h11-12,20,23,26,28H,4-10,13-19,21H2,1-3H3,(H,38,47)(H,40,46). The normalized spacial score (nSPS) is 18.0. The third-order valence-corrected chi connectivity index (χ3v) is 9.71. The molecule has 3 heterocycles. The van der Waals surface area contributed by atoms with Crippen LogP contribution in [0, 0.1) is 12.7 Å². The summed E-state index contributed by atoms with van der Waals surface area (Å²) in [5, 5.41) is 5.97. The first-order valence-corrected chi connectivity index (χ1v) is 18.0. The Bertz CT molecular complexity index is 1680. The zero-order valence-corrected chi connectivity index (χ0v) is 29.9. The van der Waals surface area contributed by atoms with E-state index in [4.69, 9.17) is 14.2 Å². The third kappa shape index (κ3) is 9.06. The summed E-state index contributed by atoms with van der Waals surface area (Å²) in [7, 11) is 0. The van der Waals surface area contributed by atoms with Gasteiger partial charge in [0.25, 0.3) is 11.8 Å². The van der Waals surface area contributed by atoms with Gasteiger partial charge >= 0.3 is 12.1 Å². The SMILES string of the molecule is CCOC(=O)CCC(NC(=O)c1cc(OCC(=O)N2CCCC2C(=O)NC2CCC2)c2c(C)c(F)ccc2n1)C(=O)N1CCN(C(=O)OCC)CC1. The van der Waals surface area contributed by atoms with E-state index in [1.807, 2.05) is 0 Å². The van der Waals surface area contributed by atoms with Gasteiger partial charge in [0.15, 0.2) is 6.61 Å². The van der Waals surface area contributed by atoms with Crippen LogP contribution in [0.25, 0.3) is 10.9 Å². The van der Waals surface area contributed by atoms with Gasteiger partial charge in [0.2, 0.25) is 11.8 Å². The van der Waals surface area contributed by atoms with Crippen molar-refractivity contribution in [2.45, 2.75) is 83.8 Å². The minimum Gasteiger partial charge on any atom is -0.483 e. The number of ether oxygens (including phenoxy) is 3. The first kappa shape index (κ1) is 38.2. The Morgan fingerprint density at radius 3 is 2.33 bits per heavy atom. The number of piperazine rings is 1. The van der Waals surface area contributed by atoms with Crippen LogP contribution in [-0.4, -0.2) is 126 Å². The number of pyridine rings is 1. The van der Waals surface area contributed by atoms with Gasteiger partial charge in [0.05, 0.1) is 18.7 Å². The van der Waals surface area contributed by atoms with Crippen molar-refractivity contribution in [1.29, 1.82) is 0 Å². The molecule has 5 rings (SSSR count). The smallest absolute Gasteiger partial charge is 0.409 e. The lowest BCUT2D eigenvalue weighted by Crippen LogP contribution is -2.56. The highest BCUT2D eigenvalue weighted by molar-refractivity contribution is 6.00. The number of hydrogen-bond donors (Lipinski definition) is 2. The number of fused-ring (bicyclic) bond motifs is 1. The molecule has 1 aromatic carbocycles. The van der Waals surface area contributed by atoms with E-state index in [9.17, 15) is 33.2 Å². The first-order valence-electron chi connectivity index (χ1n) is 18.0. The van der Waals surface area contributed by atoms with E-state index in [0.717, 1.165) is 19.3 Å². The van der Waals surface area contributed by atoms with Crippen LogP contribution in [0.4, 0.5) is 9.18 Å². The highest BCUT2D eigenvalue weighted by Gasteiger charge is 2.36. The molecule has 2 unspecified atom stereocenters. The number of carbonyl (C=O) groups excluding carboxylic acids is 6. The molecule has 5 amide bonds. The van der Waals surface area contributed by atoms with Crippen LogP contribution >= 0.6 is 0 Å². The van der Waals surface area contributed by atoms with Gasteiger partial charge in [-0.1, -0.05) is 0 Å². The Morgan fingerprint density at radius 2 is 1.65 bits per heavy atom. The fraction of sp³-hybridized carbons (Fsp3) is 0.583. The predicted molar refractivity (Wildman–Crippen MR) is 185 cm³/mol. The minimum atomic E-state index is -1.15. The quantitative estimate of drug-likeness (QED) is 0.292. The molecule has 282 valence electrons. The number of likely N-dealkylation sites (tertiary alicyclic amines) is 1. The Morgan fingerprint density at radius 1 is 0.942 bits per heavy atom. The van der Waals surface area contributed by atoms with Gasteiger partial charge < -0.3 is 39.5 Å². The number of nitrogens with one attached hydrogen (secondary N) is 2. The number of esters is 1. The fourth-order valence-electron chi connectivity index (χ4n) is 6.60. The van der Waals surface area contributed by atoms with E-state index >= 15 is 0 Å². The summed E-state index contributed by atoms with van der Waals surface area (Å²) in [6, 6.07) is 2.25. The monoisotopic (exact) mass is 726 g/mol. The molecule has 52 heavy (non-hydrogen) atoms. The van der Waals surface area contributed by atoms with Crippen molar-refractivity contribution in [3.05, 3.63) is 35.3 Å². The molecule has 2 atom stereocenters. The van der Waals surface area contributed by atoms with Gasteiger partial charge in [-0.15, -0.1) is 0 Å². The largest absolute Gasteiger partial charge is 0.483 e. The van der Waals surface area contributed by atoms with Crippen molar-refractivity contribution in [3.63, 3.8) is 0 Å². The fourth-order valence-corrected chi connectivity index (χ4v) is 6.60. The molecule has 2 aromatic rings. The second-order valence-electron chi connectivity index (χ2n) is 13.1. The van der Waals surface area contributed by atoms with Crippen LogP contribution in [0.5, 0.6) is 5.75 Å². The second kappa shape index (κ2) is 17.5. The van der Waals surface area contributed by atoms with Gasteiger partial charge in [-0.25, -0.2) is 14.2 Å². The Kier molecular flexibility index (Phi) is 12.8. The summed E-state index contributed by atoms with van der Waals surface area (Å²) in [5.41, 5.74) is 0.251. The van der Waals surface area contributed by atoms with Crippen molar-refractivity contribution < 1.29 is 47.4 Å². The highest BCUT2D eigenvalue weighted by Crippen LogP contribution is 2.31. The van der Waals surface area contributed by atoms with Gasteiger partial charge in [-0.3, -0.25) is 24.0 Å². The zero-order valence-electron chi connectivity index (χ0n) is 29.9. The topological polar surface area (TPSA) is 177 Å². The molecule has 2 aliphatic heterocycles. The minimum absolute atomic E-state index is 0.0275. The lowest BCUT2D eigenvalue weighted by atomic mass is 9.93. The van der Waals surface area contributed by atoms with Crippen LogP contribution < -0.4 is 15.4 Å². The molecule has 0 radical (unpaired) electrons. The zero-order chi connectivity index (χ0) is 37.4. The van der Waals surface area contributed by atoms with Crippen LogP contribution in [0.15, 0.2) is 18.2 Å². The number of aryl methyl sites for hydroxylation is 1. The Balaban J connectivity index is 1.33. The third-order valence-electron chi connectivity index (χ3n) is 9.71. The van der Waals surface area contributed by atoms with E-state index in [1.165, 1.54) is 39.8 Å². The molecule has 3 aliphatic rings. The van der Waals surface area contributed by atoms with Gasteiger partial charge in [-0.2, -0.15) is 0 Å². The summed E-state index contributed by atoms with van der Waals surface area (Å²) >= 11 is 0. The number of nitrogens with zero attached hydrogens (tertiary/aromatic N) is 4. The Labute approximate surface area is 301 Å². The molecular formula is C36H47FN6O9. The molecule has 16 heteroatoms. The maximum Gasteiger partial charge on any atom is 0.409 e. The van der Waals surface area contributed by atoms with Crippen LogP contribution in [0.3, 0.4) is 0 Å². The molecule has 2 N–H and O–H groups in total. The van der Waals surface area contributed by atoms with E-state index in [2.05, 4.69) is 15.6 Å². The van der Waals surface area contributed by atoms with E-state index < -0.39 is 54.3 Å². The Hall–Kier alpha value is -5.02. The van der Waals surface area contributed by atoms with Gasteiger partial charge in [0, 0.05) is 56.6 Å². The lowest BCUT2D eigenvalue weighted by molar-refractivity contribution is -0.143. The van der Waals surface area contributed by atoms with E-state index in [0.29, 0.717) is 19.4 Å². The van der Waals surface area contributed by atoms with Crippen molar-refractivity contribution in [1.82, 2.24) is 30.3 Å². The van der Waals surface area contributed by atoms with Crippen molar-refractivity contribution in [2.75, 3.05) is 52.5 Å². The summed E-state index contributed by atoms with van der Waals surface area (Å²) in [6.45, 7) is 6.02. The molecule has 2 saturated heterocycles. The number of amides is 5. The van der Waals surface area contributed by atoms with Gasteiger partial charge in [-0.05, 0) is 77.0 Å². The average Bonchev–Trinajstić information content (AvgIpc) is 3.62. The highest BCUT2D eigenvalue weighted by atomic mass is 19.1. The van der Waals surface area contributed by atoms with E-state index in [-0.39, 0.29) is 92.1 Å².